The minimum Gasteiger partial charge on any atom is -0.464 e. The average molecular weight is 406 g/mol. The molecule has 0 aliphatic rings. The number of alkyl carbamates (subject to hydrolysis) is 1. The summed E-state index contributed by atoms with van der Waals surface area (Å²) in [5.74, 6) is -0.355. The Labute approximate surface area is 176 Å². The molecule has 164 valence electrons. The Kier molecular flexibility index (Phi) is 14.5. The van der Waals surface area contributed by atoms with Crippen molar-refractivity contribution in [1.82, 2.24) is 5.32 Å². The highest BCUT2D eigenvalue weighted by atomic mass is 16.6. The van der Waals surface area contributed by atoms with E-state index in [2.05, 4.69) is 19.2 Å². The maximum Gasteiger partial charge on any atom is 0.408 e. The van der Waals surface area contributed by atoms with Crippen molar-refractivity contribution in [3.05, 3.63) is 35.9 Å². The lowest BCUT2D eigenvalue weighted by Gasteiger charge is -2.17. The summed E-state index contributed by atoms with van der Waals surface area (Å²) in [4.78, 5) is 24.6. The number of rotatable bonds is 16. The zero-order valence-electron chi connectivity index (χ0n) is 18.3. The van der Waals surface area contributed by atoms with Crippen molar-refractivity contribution in [1.29, 1.82) is 0 Å². The summed E-state index contributed by atoms with van der Waals surface area (Å²) >= 11 is 0. The zero-order chi connectivity index (χ0) is 21.2. The summed E-state index contributed by atoms with van der Waals surface area (Å²) in [5, 5.41) is 2.70. The third-order valence-electron chi connectivity index (χ3n) is 4.88. The van der Waals surface area contributed by atoms with E-state index >= 15 is 0 Å². The minimum atomic E-state index is -0.643. The molecule has 0 spiro atoms. The van der Waals surface area contributed by atoms with E-state index in [9.17, 15) is 9.59 Å². The molecule has 0 saturated carbocycles. The molecule has 1 N–H and O–H groups in total. The molecule has 1 amide bonds. The maximum atomic E-state index is 12.5. The van der Waals surface area contributed by atoms with Crippen molar-refractivity contribution in [3.63, 3.8) is 0 Å². The Morgan fingerprint density at radius 1 is 0.828 bits per heavy atom. The summed E-state index contributed by atoms with van der Waals surface area (Å²) < 4.78 is 10.7. The molecule has 0 bridgehead atoms. The fourth-order valence-electron chi connectivity index (χ4n) is 3.09. The lowest BCUT2D eigenvalue weighted by atomic mass is 10.1. The van der Waals surface area contributed by atoms with Crippen molar-refractivity contribution in [2.75, 3.05) is 6.61 Å². The van der Waals surface area contributed by atoms with Crippen LogP contribution in [0.1, 0.15) is 90.0 Å². The van der Waals surface area contributed by atoms with Gasteiger partial charge in [0.25, 0.3) is 0 Å². The van der Waals surface area contributed by atoms with E-state index in [1.165, 1.54) is 25.7 Å². The Morgan fingerprint density at radius 3 is 2.14 bits per heavy atom. The van der Waals surface area contributed by atoms with Gasteiger partial charge in [-0.15, -0.1) is 0 Å². The van der Waals surface area contributed by atoms with Crippen LogP contribution in [0.3, 0.4) is 0 Å². The van der Waals surface area contributed by atoms with Crippen molar-refractivity contribution >= 4 is 12.1 Å². The van der Waals surface area contributed by atoms with Crippen molar-refractivity contribution in [2.45, 2.75) is 97.1 Å². The molecule has 0 heterocycles. The number of hydrogen-bond donors (Lipinski definition) is 1. The normalized spacial score (nSPS) is 11.7. The molecule has 5 heteroatoms. The summed E-state index contributed by atoms with van der Waals surface area (Å²) in [6.07, 6.45) is 11.0. The molecule has 0 aliphatic heterocycles. The molecular formula is C24H39NO4. The summed E-state index contributed by atoms with van der Waals surface area (Å²) in [6.45, 7) is 4.94. The SMILES string of the molecule is CCCCCCCCOC(=O)C(CCCCCC)NC(=O)OCc1ccccc1. The Morgan fingerprint density at radius 2 is 1.45 bits per heavy atom. The monoisotopic (exact) mass is 405 g/mol. The third-order valence-corrected chi connectivity index (χ3v) is 4.88. The second kappa shape index (κ2) is 16.9. The number of carbonyl (C=O) groups is 2. The fraction of sp³-hybridized carbons (Fsp3) is 0.667. The molecule has 0 saturated heterocycles. The average Bonchev–Trinajstić information content (AvgIpc) is 2.74. The molecule has 0 aliphatic carbocycles. The second-order valence-corrected chi connectivity index (χ2v) is 7.54. The van der Waals surface area contributed by atoms with E-state index in [0.29, 0.717) is 13.0 Å². The molecule has 0 radical (unpaired) electrons. The number of carbonyl (C=O) groups excluding carboxylic acids is 2. The molecule has 5 nitrogen and oxygen atoms in total. The van der Waals surface area contributed by atoms with E-state index in [1.54, 1.807) is 0 Å². The van der Waals surface area contributed by atoms with Crippen molar-refractivity contribution in [3.8, 4) is 0 Å². The van der Waals surface area contributed by atoms with Crippen LogP contribution < -0.4 is 5.32 Å². The molecule has 1 rings (SSSR count). The van der Waals surface area contributed by atoms with Crippen LogP contribution in [0.5, 0.6) is 0 Å². The largest absolute Gasteiger partial charge is 0.464 e. The third kappa shape index (κ3) is 12.9. The van der Waals surface area contributed by atoms with Crippen LogP contribution in [-0.4, -0.2) is 24.7 Å². The highest BCUT2D eigenvalue weighted by Gasteiger charge is 2.22. The smallest absolute Gasteiger partial charge is 0.408 e. The van der Waals surface area contributed by atoms with Crippen molar-refractivity contribution in [2.24, 2.45) is 0 Å². The van der Waals surface area contributed by atoms with Crippen LogP contribution in [0.25, 0.3) is 0 Å². The van der Waals surface area contributed by atoms with Gasteiger partial charge in [-0.1, -0.05) is 102 Å². The second-order valence-electron chi connectivity index (χ2n) is 7.54. The first kappa shape index (κ1) is 25.0. The first-order valence-electron chi connectivity index (χ1n) is 11.3. The summed E-state index contributed by atoms with van der Waals surface area (Å²) in [7, 11) is 0. The maximum absolute atomic E-state index is 12.5. The first-order chi connectivity index (χ1) is 14.2. The van der Waals surface area contributed by atoms with Gasteiger partial charge in [0.05, 0.1) is 6.61 Å². The van der Waals surface area contributed by atoms with Gasteiger partial charge >= 0.3 is 12.1 Å². The predicted octanol–water partition coefficient (Wildman–Crippen LogP) is 6.16. The van der Waals surface area contributed by atoms with Gasteiger partial charge < -0.3 is 14.8 Å². The van der Waals surface area contributed by atoms with E-state index in [1.807, 2.05) is 30.3 Å². The molecular weight excluding hydrogens is 366 g/mol. The quantitative estimate of drug-likeness (QED) is 0.264. The molecule has 1 aromatic carbocycles. The number of benzene rings is 1. The van der Waals surface area contributed by atoms with Gasteiger partial charge in [-0.2, -0.15) is 0 Å². The summed E-state index contributed by atoms with van der Waals surface area (Å²) in [6, 6.07) is 8.85. The molecule has 0 fully saturated rings. The standard InChI is InChI=1S/C24H39NO4/c1-3-5-7-9-10-15-19-28-23(26)22(18-14-8-6-4-2)25-24(27)29-20-21-16-12-11-13-17-21/h11-13,16-17,22H,3-10,14-15,18-20H2,1-2H3,(H,25,27). The van der Waals surface area contributed by atoms with Crippen LogP contribution in [0.2, 0.25) is 0 Å². The minimum absolute atomic E-state index is 0.183. The van der Waals surface area contributed by atoms with Crippen LogP contribution in [0, 0.1) is 0 Å². The van der Waals surface area contributed by atoms with Gasteiger partial charge in [0.15, 0.2) is 0 Å². The molecule has 1 unspecified atom stereocenters. The summed E-state index contributed by atoms with van der Waals surface area (Å²) in [5.41, 5.74) is 0.910. The Hall–Kier alpha value is -2.04. The van der Waals surface area contributed by atoms with Crippen molar-refractivity contribution < 1.29 is 19.1 Å². The van der Waals surface area contributed by atoms with Gasteiger partial charge in [-0.05, 0) is 18.4 Å². The van der Waals surface area contributed by atoms with Crippen LogP contribution in [0.4, 0.5) is 4.79 Å². The number of nitrogens with one attached hydrogen (secondary N) is 1. The Balaban J connectivity index is 2.38. The van der Waals surface area contributed by atoms with Crippen LogP contribution >= 0.6 is 0 Å². The molecule has 1 atom stereocenters. The number of unbranched alkanes of at least 4 members (excludes halogenated alkanes) is 8. The Bertz CT molecular complexity index is 547. The lowest BCUT2D eigenvalue weighted by Crippen LogP contribution is -2.42. The van der Waals surface area contributed by atoms with E-state index in [-0.39, 0.29) is 12.6 Å². The highest BCUT2D eigenvalue weighted by Crippen LogP contribution is 2.10. The molecule has 1 aromatic rings. The van der Waals surface area contributed by atoms with E-state index < -0.39 is 12.1 Å². The zero-order valence-corrected chi connectivity index (χ0v) is 18.3. The number of amides is 1. The van der Waals surface area contributed by atoms with Gasteiger partial charge in [-0.3, -0.25) is 0 Å². The molecule has 29 heavy (non-hydrogen) atoms. The predicted molar refractivity (Wildman–Crippen MR) is 117 cm³/mol. The highest BCUT2D eigenvalue weighted by molar-refractivity contribution is 5.81. The number of esters is 1. The van der Waals surface area contributed by atoms with Crippen LogP contribution in [-0.2, 0) is 20.9 Å². The van der Waals surface area contributed by atoms with Gasteiger partial charge in [0.2, 0.25) is 0 Å². The number of ether oxygens (including phenoxy) is 2. The first-order valence-corrected chi connectivity index (χ1v) is 11.3. The van der Waals surface area contributed by atoms with E-state index in [4.69, 9.17) is 9.47 Å². The van der Waals surface area contributed by atoms with Gasteiger partial charge in [0, 0.05) is 0 Å². The van der Waals surface area contributed by atoms with Crippen LogP contribution in [0.15, 0.2) is 30.3 Å². The topological polar surface area (TPSA) is 64.6 Å². The number of hydrogen-bond acceptors (Lipinski definition) is 4. The van der Waals surface area contributed by atoms with Gasteiger partial charge in [0.1, 0.15) is 12.6 Å². The fourth-order valence-corrected chi connectivity index (χ4v) is 3.09. The van der Waals surface area contributed by atoms with E-state index in [0.717, 1.165) is 44.1 Å². The van der Waals surface area contributed by atoms with Gasteiger partial charge in [-0.25, -0.2) is 9.59 Å². The lowest BCUT2D eigenvalue weighted by molar-refractivity contribution is -0.146. The molecule has 0 aromatic heterocycles.